The molecule has 8 fully saturated rings. The number of carbonyl (C=O) groups excluding carboxylic acids is 2. The molecule has 0 spiro atoms. The van der Waals surface area contributed by atoms with Crippen LogP contribution in [0.2, 0.25) is 0 Å². The minimum absolute atomic E-state index is 0.375. The van der Waals surface area contributed by atoms with Crippen molar-refractivity contribution < 1.29 is 14.3 Å². The van der Waals surface area contributed by atoms with Crippen molar-refractivity contribution in [3.05, 3.63) is 39.1 Å². The first-order valence-corrected chi connectivity index (χ1v) is 11.8. The van der Waals surface area contributed by atoms with Crippen LogP contribution in [0, 0.1) is 47.3 Å². The van der Waals surface area contributed by atoms with E-state index in [0.717, 1.165) is 46.6 Å². The summed E-state index contributed by atoms with van der Waals surface area (Å²) in [5, 5.41) is 4.08. The fourth-order valence-corrected chi connectivity index (χ4v) is 9.37. The molecule has 1 saturated heterocycles. The molecule has 8 aliphatic rings. The van der Waals surface area contributed by atoms with E-state index in [1.807, 2.05) is 18.4 Å². The van der Waals surface area contributed by atoms with Crippen molar-refractivity contribution in [1.82, 2.24) is 0 Å². The van der Waals surface area contributed by atoms with E-state index < -0.39 is 5.97 Å². The molecule has 7 saturated carbocycles. The summed E-state index contributed by atoms with van der Waals surface area (Å²) in [5.74, 6) is 5.37. The Morgan fingerprint density at radius 3 is 2.32 bits per heavy atom. The number of thiophene rings is 1. The average molecular weight is 393 g/mol. The Kier molecular flexibility index (Phi) is 3.04. The lowest BCUT2D eigenvalue weighted by Gasteiger charge is -2.70. The van der Waals surface area contributed by atoms with Crippen LogP contribution in [0.3, 0.4) is 0 Å². The molecule has 0 radical (unpaired) electrons. The van der Waals surface area contributed by atoms with Gasteiger partial charge in [-0.2, -0.15) is 11.3 Å². The van der Waals surface area contributed by atoms with E-state index in [4.69, 9.17) is 4.74 Å². The van der Waals surface area contributed by atoms with Gasteiger partial charge in [-0.25, -0.2) is 9.59 Å². The zero-order chi connectivity index (χ0) is 18.7. The molecule has 8 atom stereocenters. The van der Waals surface area contributed by atoms with Gasteiger partial charge in [-0.15, -0.1) is 0 Å². The number of ether oxygens (including phenoxy) is 1. The van der Waals surface area contributed by atoms with Gasteiger partial charge in [0.05, 0.1) is 11.1 Å². The second-order valence-corrected chi connectivity index (χ2v) is 10.9. The van der Waals surface area contributed by atoms with Crippen LogP contribution in [0.15, 0.2) is 33.5 Å². The minimum Gasteiger partial charge on any atom is -0.386 e. The summed E-state index contributed by atoms with van der Waals surface area (Å²) in [5.41, 5.74) is 4.51. The van der Waals surface area contributed by atoms with E-state index in [1.165, 1.54) is 37.7 Å². The number of hydrogen-bond donors (Lipinski definition) is 0. The molecule has 1 aliphatic heterocycles. The van der Waals surface area contributed by atoms with E-state index >= 15 is 0 Å². The summed E-state index contributed by atoms with van der Waals surface area (Å²) in [6.45, 7) is 1.98. The van der Waals surface area contributed by atoms with Crippen molar-refractivity contribution >= 4 is 28.8 Å². The number of hydrogen-bond acceptors (Lipinski definition) is 4. The monoisotopic (exact) mass is 392 g/mol. The number of rotatable bonds is 1. The average Bonchev–Trinajstić information content (AvgIpc) is 3.32. The molecule has 2 heterocycles. The van der Waals surface area contributed by atoms with Gasteiger partial charge in [0.2, 0.25) is 0 Å². The van der Waals surface area contributed by atoms with Crippen LogP contribution in [-0.2, 0) is 14.3 Å². The Morgan fingerprint density at radius 2 is 1.64 bits per heavy atom. The Morgan fingerprint density at radius 1 is 0.964 bits per heavy atom. The molecule has 4 heteroatoms. The first-order valence-electron chi connectivity index (χ1n) is 10.9. The molecule has 7 aliphatic carbocycles. The van der Waals surface area contributed by atoms with Crippen molar-refractivity contribution in [1.29, 1.82) is 0 Å². The second-order valence-electron chi connectivity index (χ2n) is 10.1. The van der Waals surface area contributed by atoms with Gasteiger partial charge in [-0.05, 0) is 120 Å². The van der Waals surface area contributed by atoms with Crippen LogP contribution >= 0.6 is 11.3 Å². The largest absolute Gasteiger partial charge is 0.386 e. The standard InChI is InChI=1S/C24H24O3S/c1-10(12-2-3-28-9-12)19-22(24(26)27-23(19)25)20-13-7-15-14-4-11-5-17(15)21(20)18(6-11)16(14)8-13/h2-3,9,11,13-18,21H,4-8H2,1H3/b19-10+,22-20-/t11?,13?,14?,15-,16?,17+,18?,21?/m1/s1. The third-order valence-electron chi connectivity index (χ3n) is 9.31. The van der Waals surface area contributed by atoms with Crippen LogP contribution in [0.1, 0.15) is 44.6 Å². The van der Waals surface area contributed by atoms with Crippen molar-refractivity contribution in [2.45, 2.75) is 39.0 Å². The van der Waals surface area contributed by atoms with Gasteiger partial charge < -0.3 is 4.74 Å². The lowest BCUT2D eigenvalue weighted by atomic mass is 9.34. The predicted octanol–water partition coefficient (Wildman–Crippen LogP) is 4.85. The molecule has 6 unspecified atom stereocenters. The van der Waals surface area contributed by atoms with Crippen LogP contribution in [0.4, 0.5) is 0 Å². The normalized spacial score (nSPS) is 49.3. The zero-order valence-corrected chi connectivity index (χ0v) is 16.8. The Balaban J connectivity index is 1.45. The summed E-state index contributed by atoms with van der Waals surface area (Å²) in [6.07, 6.45) is 6.66. The van der Waals surface area contributed by atoms with E-state index in [1.54, 1.807) is 11.3 Å². The SMILES string of the molecule is C/C(=C1\C(=O)OC(=O)\C1=C1\C2CC3C4CC5CC3[C@@H](C2)[C@H](C5)C14)c1ccsc1. The Labute approximate surface area is 168 Å². The highest BCUT2D eigenvalue weighted by Crippen LogP contribution is 2.73. The molecule has 1 aromatic heterocycles. The highest BCUT2D eigenvalue weighted by molar-refractivity contribution is 7.08. The van der Waals surface area contributed by atoms with Crippen molar-refractivity contribution in [3.63, 3.8) is 0 Å². The summed E-state index contributed by atoms with van der Waals surface area (Å²) >= 11 is 1.62. The topological polar surface area (TPSA) is 43.4 Å². The maximum atomic E-state index is 13.0. The summed E-state index contributed by atoms with van der Waals surface area (Å²) in [6, 6.07) is 2.03. The predicted molar refractivity (Wildman–Crippen MR) is 106 cm³/mol. The molecule has 8 bridgehead atoms. The molecule has 9 rings (SSSR count). The quantitative estimate of drug-likeness (QED) is 0.390. The number of esters is 2. The fourth-order valence-electron chi connectivity index (χ4n) is 8.66. The highest BCUT2D eigenvalue weighted by atomic mass is 32.1. The summed E-state index contributed by atoms with van der Waals surface area (Å²) < 4.78 is 5.22. The molecule has 3 nitrogen and oxygen atoms in total. The zero-order valence-electron chi connectivity index (χ0n) is 16.0. The van der Waals surface area contributed by atoms with Crippen molar-refractivity contribution in [2.24, 2.45) is 47.3 Å². The van der Waals surface area contributed by atoms with Crippen LogP contribution in [-0.4, -0.2) is 11.9 Å². The van der Waals surface area contributed by atoms with Gasteiger partial charge in [-0.1, -0.05) is 0 Å². The van der Waals surface area contributed by atoms with Crippen LogP contribution < -0.4 is 0 Å². The molecule has 0 aromatic carbocycles. The van der Waals surface area contributed by atoms with Crippen molar-refractivity contribution in [3.8, 4) is 0 Å². The fraction of sp³-hybridized carbons (Fsp3) is 0.583. The maximum absolute atomic E-state index is 13.0. The smallest absolute Gasteiger partial charge is 0.347 e. The van der Waals surface area contributed by atoms with Gasteiger partial charge >= 0.3 is 11.9 Å². The third kappa shape index (κ3) is 1.82. The van der Waals surface area contributed by atoms with E-state index in [0.29, 0.717) is 23.0 Å². The molecule has 0 amide bonds. The Bertz CT molecular complexity index is 959. The van der Waals surface area contributed by atoms with Gasteiger partial charge in [0.25, 0.3) is 0 Å². The van der Waals surface area contributed by atoms with Crippen molar-refractivity contribution in [2.75, 3.05) is 0 Å². The molecule has 28 heavy (non-hydrogen) atoms. The van der Waals surface area contributed by atoms with E-state index in [2.05, 4.69) is 5.38 Å². The lowest BCUT2D eigenvalue weighted by molar-refractivity contribution is -0.177. The van der Waals surface area contributed by atoms with E-state index in [-0.39, 0.29) is 5.97 Å². The maximum Gasteiger partial charge on any atom is 0.347 e. The first kappa shape index (κ1) is 16.2. The Hall–Kier alpha value is -1.68. The van der Waals surface area contributed by atoms with Gasteiger partial charge in [0.1, 0.15) is 0 Å². The van der Waals surface area contributed by atoms with Gasteiger partial charge in [0.15, 0.2) is 0 Å². The number of carbonyl (C=O) groups is 2. The number of allylic oxidation sites excluding steroid dienone is 2. The lowest BCUT2D eigenvalue weighted by Crippen LogP contribution is -2.63. The summed E-state index contributed by atoms with van der Waals surface area (Å²) in [4.78, 5) is 25.7. The molecular formula is C24H24O3S. The van der Waals surface area contributed by atoms with Crippen LogP contribution in [0.25, 0.3) is 5.57 Å². The molecule has 1 aromatic rings. The highest BCUT2D eigenvalue weighted by Gasteiger charge is 2.66. The molecular weight excluding hydrogens is 368 g/mol. The van der Waals surface area contributed by atoms with E-state index in [9.17, 15) is 9.59 Å². The minimum atomic E-state index is -0.432. The second kappa shape index (κ2) is 5.27. The van der Waals surface area contributed by atoms with Gasteiger partial charge in [0, 0.05) is 0 Å². The summed E-state index contributed by atoms with van der Waals surface area (Å²) in [7, 11) is 0. The van der Waals surface area contributed by atoms with Crippen LogP contribution in [0.5, 0.6) is 0 Å². The molecule has 144 valence electrons. The third-order valence-corrected chi connectivity index (χ3v) is 10.00. The number of cyclic esters (lactones) is 2. The molecule has 0 N–H and O–H groups in total. The van der Waals surface area contributed by atoms with Gasteiger partial charge in [-0.3, -0.25) is 0 Å². The first-order chi connectivity index (χ1) is 13.6.